The monoisotopic (exact) mass is 286 g/mol. The van der Waals surface area contributed by atoms with Crippen molar-refractivity contribution in [3.05, 3.63) is 42.2 Å². The Labute approximate surface area is 121 Å². The van der Waals surface area contributed by atoms with Crippen molar-refractivity contribution in [2.75, 3.05) is 6.54 Å². The van der Waals surface area contributed by atoms with E-state index in [2.05, 4.69) is 4.98 Å². The van der Waals surface area contributed by atoms with E-state index in [0.717, 1.165) is 5.56 Å². The van der Waals surface area contributed by atoms with Gasteiger partial charge in [0.2, 0.25) is 5.91 Å². The number of rotatable bonds is 3. The van der Waals surface area contributed by atoms with Gasteiger partial charge >= 0.3 is 5.97 Å². The fourth-order valence-corrected chi connectivity index (χ4v) is 3.70. The van der Waals surface area contributed by atoms with Gasteiger partial charge < -0.3 is 14.7 Å². The summed E-state index contributed by atoms with van der Waals surface area (Å²) < 4.78 is 5.83. The van der Waals surface area contributed by atoms with Crippen molar-refractivity contribution in [2.24, 2.45) is 11.8 Å². The molecule has 0 aliphatic carbocycles. The summed E-state index contributed by atoms with van der Waals surface area (Å²) in [5.41, 5.74) is 0.220. The Morgan fingerprint density at radius 3 is 2.95 bits per heavy atom. The topological polar surface area (TPSA) is 79.7 Å². The molecule has 3 aliphatic rings. The van der Waals surface area contributed by atoms with Crippen molar-refractivity contribution in [3.63, 3.8) is 0 Å². The first kappa shape index (κ1) is 12.5. The Hall–Kier alpha value is -2.21. The van der Waals surface area contributed by atoms with Gasteiger partial charge in [0, 0.05) is 18.9 Å². The predicted octanol–water partition coefficient (Wildman–Crippen LogP) is 0.448. The first-order chi connectivity index (χ1) is 10.1. The van der Waals surface area contributed by atoms with E-state index in [1.807, 2.05) is 18.2 Å². The van der Waals surface area contributed by atoms with E-state index >= 15 is 0 Å². The van der Waals surface area contributed by atoms with Crippen LogP contribution in [0.2, 0.25) is 0 Å². The molecule has 1 amide bonds. The molecule has 1 spiro atoms. The summed E-state index contributed by atoms with van der Waals surface area (Å²) in [5.74, 6) is -2.47. The van der Waals surface area contributed by atoms with Crippen molar-refractivity contribution in [2.45, 2.75) is 18.2 Å². The number of amides is 1. The van der Waals surface area contributed by atoms with Crippen molar-refractivity contribution in [3.8, 4) is 0 Å². The number of hydrogen-bond acceptors (Lipinski definition) is 4. The highest BCUT2D eigenvalue weighted by Crippen LogP contribution is 2.52. The average Bonchev–Trinajstić information content (AvgIpc) is 3.09. The smallest absolute Gasteiger partial charge is 0.310 e. The van der Waals surface area contributed by atoms with Crippen LogP contribution in [0.4, 0.5) is 0 Å². The second-order valence-electron chi connectivity index (χ2n) is 5.79. The van der Waals surface area contributed by atoms with E-state index in [1.54, 1.807) is 23.4 Å². The Balaban J connectivity index is 1.63. The lowest BCUT2D eigenvalue weighted by atomic mass is 9.77. The Bertz CT molecular complexity index is 644. The number of fused-ring (bicyclic) bond motifs is 1. The standard InChI is InChI=1S/C15H14N2O4/c18-13-12-11(14(19)20)10-1-4-15(12,21-10)8-17(13)7-9-2-5-16-6-3-9/h1-6,10-12H,7-8H2,(H,19,20)/t10-,11+,12-,15+/m1/s1. The van der Waals surface area contributed by atoms with E-state index in [1.165, 1.54) is 0 Å². The fourth-order valence-electron chi connectivity index (χ4n) is 3.70. The molecule has 1 aromatic heterocycles. The lowest BCUT2D eigenvalue weighted by Gasteiger charge is -2.21. The van der Waals surface area contributed by atoms with Crippen LogP contribution in [0.15, 0.2) is 36.7 Å². The van der Waals surface area contributed by atoms with E-state index in [-0.39, 0.29) is 5.91 Å². The number of carboxylic acid groups (broad SMARTS) is 1. The molecular formula is C15H14N2O4. The van der Waals surface area contributed by atoms with Crippen LogP contribution in [-0.4, -0.2) is 45.1 Å². The molecule has 0 radical (unpaired) electrons. The molecule has 4 atom stereocenters. The van der Waals surface area contributed by atoms with Gasteiger partial charge in [0.05, 0.1) is 18.6 Å². The van der Waals surface area contributed by atoms with Crippen molar-refractivity contribution >= 4 is 11.9 Å². The quantitative estimate of drug-likeness (QED) is 0.816. The second kappa shape index (κ2) is 4.14. The zero-order chi connectivity index (χ0) is 14.6. The van der Waals surface area contributed by atoms with Gasteiger partial charge in [0.25, 0.3) is 0 Å². The SMILES string of the molecule is O=C(O)[C@H]1[C@H]2C=C[C@@]3(CN(Cc4ccncc4)C(=O)[C@@H]13)O2. The number of pyridine rings is 1. The summed E-state index contributed by atoms with van der Waals surface area (Å²) in [5, 5.41) is 9.38. The number of hydrogen-bond donors (Lipinski definition) is 1. The number of aromatic nitrogens is 1. The molecule has 0 unspecified atom stereocenters. The number of carbonyl (C=O) groups is 2. The molecule has 2 saturated heterocycles. The maximum absolute atomic E-state index is 12.6. The third kappa shape index (κ3) is 1.65. The van der Waals surface area contributed by atoms with Crippen molar-refractivity contribution in [1.29, 1.82) is 0 Å². The highest BCUT2D eigenvalue weighted by atomic mass is 16.5. The van der Waals surface area contributed by atoms with Gasteiger partial charge in [-0.1, -0.05) is 12.2 Å². The zero-order valence-corrected chi connectivity index (χ0v) is 11.2. The minimum atomic E-state index is -0.963. The van der Waals surface area contributed by atoms with E-state index in [9.17, 15) is 14.7 Å². The molecule has 1 aromatic rings. The van der Waals surface area contributed by atoms with Gasteiger partial charge in [-0.05, 0) is 17.7 Å². The highest BCUT2D eigenvalue weighted by Gasteiger charge is 2.66. The van der Waals surface area contributed by atoms with Gasteiger partial charge in [0.1, 0.15) is 11.5 Å². The fraction of sp³-hybridized carbons (Fsp3) is 0.400. The molecule has 6 nitrogen and oxygen atoms in total. The maximum atomic E-state index is 12.6. The zero-order valence-electron chi connectivity index (χ0n) is 11.2. The molecule has 6 heteroatoms. The van der Waals surface area contributed by atoms with Crippen LogP contribution in [0.5, 0.6) is 0 Å². The number of carbonyl (C=O) groups excluding carboxylic acids is 1. The lowest BCUT2D eigenvalue weighted by Crippen LogP contribution is -2.39. The van der Waals surface area contributed by atoms with Crippen LogP contribution in [0.25, 0.3) is 0 Å². The molecule has 2 bridgehead atoms. The van der Waals surface area contributed by atoms with Gasteiger partial charge in [0.15, 0.2) is 0 Å². The van der Waals surface area contributed by atoms with Crippen LogP contribution in [0, 0.1) is 11.8 Å². The number of carboxylic acids is 1. The van der Waals surface area contributed by atoms with Crippen LogP contribution in [-0.2, 0) is 20.9 Å². The molecule has 108 valence electrons. The van der Waals surface area contributed by atoms with Crippen molar-refractivity contribution in [1.82, 2.24) is 9.88 Å². The number of ether oxygens (including phenoxy) is 1. The Morgan fingerprint density at radius 1 is 1.48 bits per heavy atom. The minimum absolute atomic E-state index is 0.133. The van der Waals surface area contributed by atoms with Gasteiger partial charge in [-0.25, -0.2) is 0 Å². The number of aliphatic carboxylic acids is 1. The van der Waals surface area contributed by atoms with E-state index in [4.69, 9.17) is 4.74 Å². The van der Waals surface area contributed by atoms with Crippen LogP contribution in [0.1, 0.15) is 5.56 Å². The van der Waals surface area contributed by atoms with Gasteiger partial charge in [-0.15, -0.1) is 0 Å². The molecule has 4 rings (SSSR count). The largest absolute Gasteiger partial charge is 0.481 e. The van der Waals surface area contributed by atoms with Crippen LogP contribution in [0.3, 0.4) is 0 Å². The van der Waals surface area contributed by atoms with E-state index < -0.39 is 29.5 Å². The Kier molecular flexibility index (Phi) is 2.47. The lowest BCUT2D eigenvalue weighted by molar-refractivity contribution is -0.148. The summed E-state index contributed by atoms with van der Waals surface area (Å²) in [6, 6.07) is 3.70. The first-order valence-electron chi connectivity index (χ1n) is 6.88. The molecular weight excluding hydrogens is 272 g/mol. The van der Waals surface area contributed by atoms with E-state index in [0.29, 0.717) is 13.1 Å². The van der Waals surface area contributed by atoms with Gasteiger partial charge in [-0.3, -0.25) is 14.6 Å². The molecule has 2 fully saturated rings. The molecule has 4 heterocycles. The highest BCUT2D eigenvalue weighted by molar-refractivity contribution is 5.90. The Morgan fingerprint density at radius 2 is 2.24 bits per heavy atom. The number of likely N-dealkylation sites (tertiary alicyclic amines) is 1. The third-order valence-electron chi connectivity index (χ3n) is 4.59. The average molecular weight is 286 g/mol. The van der Waals surface area contributed by atoms with Crippen molar-refractivity contribution < 1.29 is 19.4 Å². The molecule has 0 saturated carbocycles. The molecule has 0 aromatic carbocycles. The van der Waals surface area contributed by atoms with Crippen LogP contribution >= 0.6 is 0 Å². The summed E-state index contributed by atoms with van der Waals surface area (Å²) >= 11 is 0. The molecule has 1 N–H and O–H groups in total. The summed E-state index contributed by atoms with van der Waals surface area (Å²) in [7, 11) is 0. The summed E-state index contributed by atoms with van der Waals surface area (Å²) in [4.78, 5) is 29.7. The van der Waals surface area contributed by atoms with Crippen LogP contribution < -0.4 is 0 Å². The molecule has 3 aliphatic heterocycles. The second-order valence-corrected chi connectivity index (χ2v) is 5.79. The third-order valence-corrected chi connectivity index (χ3v) is 4.59. The normalized spacial score (nSPS) is 36.3. The predicted molar refractivity (Wildman–Crippen MR) is 71.0 cm³/mol. The van der Waals surface area contributed by atoms with Gasteiger partial charge in [-0.2, -0.15) is 0 Å². The minimum Gasteiger partial charge on any atom is -0.481 e. The molecule has 21 heavy (non-hydrogen) atoms. The maximum Gasteiger partial charge on any atom is 0.310 e. The summed E-state index contributed by atoms with van der Waals surface area (Å²) in [6.07, 6.45) is 6.53. The summed E-state index contributed by atoms with van der Waals surface area (Å²) in [6.45, 7) is 0.864. The number of nitrogens with zero attached hydrogens (tertiary/aromatic N) is 2. The first-order valence-corrected chi connectivity index (χ1v) is 6.88.